The van der Waals surface area contributed by atoms with Gasteiger partial charge in [-0.3, -0.25) is 0 Å². The molecule has 2 rings (SSSR count). The van der Waals surface area contributed by atoms with Gasteiger partial charge in [-0.05, 0) is 24.1 Å². The zero-order valence-corrected chi connectivity index (χ0v) is 13.7. The topological polar surface area (TPSA) is 54.4 Å². The van der Waals surface area contributed by atoms with E-state index in [1.807, 2.05) is 0 Å². The monoisotopic (exact) mass is 358 g/mol. The molecule has 0 fully saturated rings. The van der Waals surface area contributed by atoms with Crippen molar-refractivity contribution in [1.29, 1.82) is 0 Å². The number of sulfone groups is 1. The maximum Gasteiger partial charge on any atom is 0.416 e. The number of benzene rings is 2. The normalized spacial score (nSPS) is 15.0. The SMILES string of the molecule is C[C@@](O)(CS(=O)(=O)Cc1cccc(C(F)(F)F)c1)c1ccccc1. The van der Waals surface area contributed by atoms with Gasteiger partial charge in [0, 0.05) is 0 Å². The second kappa shape index (κ2) is 6.57. The second-order valence-corrected chi connectivity index (χ2v) is 7.93. The lowest BCUT2D eigenvalue weighted by atomic mass is 9.99. The van der Waals surface area contributed by atoms with Crippen molar-refractivity contribution in [1.82, 2.24) is 0 Å². The van der Waals surface area contributed by atoms with Gasteiger partial charge in [0.15, 0.2) is 9.84 Å². The van der Waals surface area contributed by atoms with Gasteiger partial charge in [-0.25, -0.2) is 8.42 Å². The Kier molecular flexibility index (Phi) is 5.05. The zero-order valence-electron chi connectivity index (χ0n) is 12.9. The molecule has 3 nitrogen and oxygen atoms in total. The summed E-state index contributed by atoms with van der Waals surface area (Å²) in [5.41, 5.74) is -2.06. The van der Waals surface area contributed by atoms with E-state index < -0.39 is 38.7 Å². The molecule has 0 aliphatic carbocycles. The maximum atomic E-state index is 12.7. The first-order valence-electron chi connectivity index (χ1n) is 7.14. The Labute approximate surface area is 138 Å². The average molecular weight is 358 g/mol. The highest BCUT2D eigenvalue weighted by Crippen LogP contribution is 2.30. The molecule has 0 aromatic heterocycles. The fourth-order valence-corrected chi connectivity index (χ4v) is 4.26. The molecule has 0 saturated carbocycles. The van der Waals surface area contributed by atoms with E-state index in [0.29, 0.717) is 5.56 Å². The van der Waals surface area contributed by atoms with Crippen LogP contribution in [0.2, 0.25) is 0 Å². The Morgan fingerprint density at radius 3 is 2.12 bits per heavy atom. The molecule has 1 atom stereocenters. The quantitative estimate of drug-likeness (QED) is 0.890. The summed E-state index contributed by atoms with van der Waals surface area (Å²) < 4.78 is 62.7. The molecule has 0 aliphatic heterocycles. The van der Waals surface area contributed by atoms with Crippen LogP contribution in [0.15, 0.2) is 54.6 Å². The summed E-state index contributed by atoms with van der Waals surface area (Å²) in [5.74, 6) is -1.15. The first-order valence-corrected chi connectivity index (χ1v) is 8.96. The van der Waals surface area contributed by atoms with Crippen LogP contribution in [0.5, 0.6) is 0 Å². The van der Waals surface area contributed by atoms with Gasteiger partial charge >= 0.3 is 6.18 Å². The van der Waals surface area contributed by atoms with Crippen LogP contribution in [0, 0.1) is 0 Å². The van der Waals surface area contributed by atoms with Gasteiger partial charge in [0.05, 0.1) is 17.1 Å². The molecular weight excluding hydrogens is 341 g/mol. The molecule has 0 radical (unpaired) electrons. The van der Waals surface area contributed by atoms with Crippen molar-refractivity contribution in [3.63, 3.8) is 0 Å². The van der Waals surface area contributed by atoms with Crippen LogP contribution in [0.25, 0.3) is 0 Å². The Hall–Kier alpha value is -1.86. The van der Waals surface area contributed by atoms with Crippen LogP contribution in [0.3, 0.4) is 0 Å². The predicted molar refractivity (Wildman–Crippen MR) is 84.9 cm³/mol. The van der Waals surface area contributed by atoms with E-state index in [1.165, 1.54) is 19.1 Å². The molecule has 24 heavy (non-hydrogen) atoms. The summed E-state index contributed by atoms with van der Waals surface area (Å²) in [6.07, 6.45) is -4.53. The van der Waals surface area contributed by atoms with Crippen molar-refractivity contribution in [2.45, 2.75) is 24.5 Å². The fourth-order valence-electron chi connectivity index (χ4n) is 2.45. The molecule has 1 N–H and O–H groups in total. The van der Waals surface area contributed by atoms with Crippen LogP contribution in [-0.4, -0.2) is 19.3 Å². The lowest BCUT2D eigenvalue weighted by Crippen LogP contribution is -2.31. The van der Waals surface area contributed by atoms with Gasteiger partial charge in [0.25, 0.3) is 0 Å². The third-order valence-corrected chi connectivity index (χ3v) is 5.31. The molecule has 0 aliphatic rings. The van der Waals surface area contributed by atoms with E-state index in [9.17, 15) is 26.7 Å². The number of hydrogen-bond donors (Lipinski definition) is 1. The fraction of sp³-hybridized carbons (Fsp3) is 0.294. The summed E-state index contributed by atoms with van der Waals surface area (Å²) >= 11 is 0. The van der Waals surface area contributed by atoms with Gasteiger partial charge in [-0.1, -0.05) is 48.5 Å². The minimum atomic E-state index is -4.53. The Balaban J connectivity index is 2.20. The van der Waals surface area contributed by atoms with Crippen LogP contribution in [0.4, 0.5) is 13.2 Å². The van der Waals surface area contributed by atoms with Crippen molar-refractivity contribution in [2.75, 3.05) is 5.75 Å². The first-order chi connectivity index (χ1) is 11.0. The number of halogens is 3. The van der Waals surface area contributed by atoms with E-state index in [2.05, 4.69) is 0 Å². The van der Waals surface area contributed by atoms with Gasteiger partial charge in [0.1, 0.15) is 5.60 Å². The van der Waals surface area contributed by atoms with Crippen molar-refractivity contribution in [3.8, 4) is 0 Å². The molecule has 7 heteroatoms. The number of hydrogen-bond acceptors (Lipinski definition) is 3. The van der Waals surface area contributed by atoms with Crippen molar-refractivity contribution >= 4 is 9.84 Å². The van der Waals surface area contributed by atoms with Crippen molar-refractivity contribution in [3.05, 3.63) is 71.3 Å². The zero-order chi connectivity index (χ0) is 18.0. The maximum absolute atomic E-state index is 12.7. The number of rotatable bonds is 5. The first kappa shape index (κ1) is 18.5. The van der Waals surface area contributed by atoms with E-state index in [1.54, 1.807) is 30.3 Å². The Morgan fingerprint density at radius 1 is 0.958 bits per heavy atom. The molecule has 130 valence electrons. The number of alkyl halides is 3. The molecule has 0 bridgehead atoms. The van der Waals surface area contributed by atoms with Gasteiger partial charge in [-0.2, -0.15) is 13.2 Å². The average Bonchev–Trinajstić information content (AvgIpc) is 2.46. The highest BCUT2D eigenvalue weighted by atomic mass is 32.2. The molecule has 0 amide bonds. The molecular formula is C17H17F3O3S. The van der Waals surface area contributed by atoms with Crippen molar-refractivity contribution in [2.24, 2.45) is 0 Å². The molecule has 2 aromatic carbocycles. The van der Waals surface area contributed by atoms with Crippen LogP contribution >= 0.6 is 0 Å². The number of aliphatic hydroxyl groups is 1. The lowest BCUT2D eigenvalue weighted by molar-refractivity contribution is -0.137. The highest BCUT2D eigenvalue weighted by Gasteiger charge is 2.32. The van der Waals surface area contributed by atoms with Crippen LogP contribution in [0.1, 0.15) is 23.6 Å². The van der Waals surface area contributed by atoms with Gasteiger partial charge in [0.2, 0.25) is 0 Å². The lowest BCUT2D eigenvalue weighted by Gasteiger charge is -2.23. The Bertz CT molecular complexity index is 797. The third-order valence-electron chi connectivity index (χ3n) is 3.54. The van der Waals surface area contributed by atoms with E-state index in [-0.39, 0.29) is 5.56 Å². The van der Waals surface area contributed by atoms with Crippen LogP contribution < -0.4 is 0 Å². The summed E-state index contributed by atoms with van der Waals surface area (Å²) in [5, 5.41) is 10.4. The molecule has 0 heterocycles. The van der Waals surface area contributed by atoms with E-state index in [4.69, 9.17) is 0 Å². The second-order valence-electron chi connectivity index (χ2n) is 5.87. The summed E-state index contributed by atoms with van der Waals surface area (Å²) in [7, 11) is -3.82. The third kappa shape index (κ3) is 4.82. The summed E-state index contributed by atoms with van der Waals surface area (Å²) in [6.45, 7) is 1.37. The smallest absolute Gasteiger partial charge is 0.384 e. The largest absolute Gasteiger partial charge is 0.416 e. The Morgan fingerprint density at radius 2 is 1.54 bits per heavy atom. The van der Waals surface area contributed by atoms with Crippen molar-refractivity contribution < 1.29 is 26.7 Å². The van der Waals surface area contributed by atoms with E-state index in [0.717, 1.165) is 12.1 Å². The van der Waals surface area contributed by atoms with Crippen LogP contribution in [-0.2, 0) is 27.4 Å². The minimum Gasteiger partial charge on any atom is -0.384 e. The molecule has 0 spiro atoms. The minimum absolute atomic E-state index is 0.0358. The molecule has 0 saturated heterocycles. The van der Waals surface area contributed by atoms with Gasteiger partial charge < -0.3 is 5.11 Å². The standard InChI is InChI=1S/C17H17F3O3S/c1-16(21,14-7-3-2-4-8-14)12-24(22,23)11-13-6-5-9-15(10-13)17(18,19)20/h2-10,21H,11-12H2,1H3/t16-/m1/s1. The molecule has 2 aromatic rings. The van der Waals surface area contributed by atoms with E-state index >= 15 is 0 Å². The molecule has 0 unspecified atom stereocenters. The summed E-state index contributed by atoms with van der Waals surface area (Å²) in [6, 6.07) is 12.5. The predicted octanol–water partition coefficient (Wildman–Crippen LogP) is 3.53. The van der Waals surface area contributed by atoms with Gasteiger partial charge in [-0.15, -0.1) is 0 Å². The summed E-state index contributed by atoms with van der Waals surface area (Å²) in [4.78, 5) is 0. The highest BCUT2D eigenvalue weighted by molar-refractivity contribution is 7.90.